The van der Waals surface area contributed by atoms with Crippen molar-refractivity contribution in [3.05, 3.63) is 40.7 Å². The summed E-state index contributed by atoms with van der Waals surface area (Å²) in [6, 6.07) is 5.83. The smallest absolute Gasteiger partial charge is 0.413 e. The van der Waals surface area contributed by atoms with Gasteiger partial charge in [-0.3, -0.25) is 10.1 Å². The third-order valence-electron chi connectivity index (χ3n) is 6.80. The number of piperazine rings is 1. The summed E-state index contributed by atoms with van der Waals surface area (Å²) in [6.45, 7) is 12.0. The van der Waals surface area contributed by atoms with Crippen molar-refractivity contribution in [1.29, 1.82) is 0 Å². The van der Waals surface area contributed by atoms with Gasteiger partial charge in [-0.25, -0.2) is 19.0 Å². The van der Waals surface area contributed by atoms with Gasteiger partial charge in [0.15, 0.2) is 5.13 Å². The largest absolute Gasteiger partial charge is 0.493 e. The molecule has 0 saturated carbocycles. The van der Waals surface area contributed by atoms with Gasteiger partial charge in [0.1, 0.15) is 22.8 Å². The molecule has 5 rings (SSSR count). The summed E-state index contributed by atoms with van der Waals surface area (Å²) < 4.78 is 32.0. The van der Waals surface area contributed by atoms with E-state index in [4.69, 9.17) is 25.8 Å². The van der Waals surface area contributed by atoms with Crippen LogP contribution in [0.4, 0.5) is 19.1 Å². The second-order valence-corrected chi connectivity index (χ2v) is 13.9. The molecule has 0 bridgehead atoms. The third kappa shape index (κ3) is 6.80. The maximum Gasteiger partial charge on any atom is 0.413 e. The van der Waals surface area contributed by atoms with Crippen LogP contribution in [0.25, 0.3) is 21.3 Å². The van der Waals surface area contributed by atoms with Crippen molar-refractivity contribution in [2.75, 3.05) is 31.6 Å². The molecule has 3 aromatic rings. The maximum absolute atomic E-state index is 14.8. The van der Waals surface area contributed by atoms with Crippen molar-refractivity contribution in [1.82, 2.24) is 14.8 Å². The minimum atomic E-state index is -0.714. The fourth-order valence-electron chi connectivity index (χ4n) is 5.01. The Balaban J connectivity index is 1.43. The van der Waals surface area contributed by atoms with E-state index in [1.165, 1.54) is 6.07 Å². The number of hydrogen-bond donors (Lipinski definition) is 1. The number of anilines is 1. The highest BCUT2D eigenvalue weighted by Gasteiger charge is 2.37. The first-order chi connectivity index (χ1) is 20.1. The highest BCUT2D eigenvalue weighted by Crippen LogP contribution is 2.41. The molecular formula is C30H34ClFN4O6S. The standard InChI is InChI=1S/C30H34ClFN4O6S/c1-29(2,3)41-27(38)34-26-33-23-17(7-8-21(32)24(23)43-26)18-14-22-19(13-20(18)31)25(37)36-11-10-35(15-16(36)9-12-40-22)28(39)42-30(4,5)6/h7-8,13-14,16H,9-12,15H2,1-6H3,(H,33,34,38)/t16-/m0/s1. The van der Waals surface area contributed by atoms with Crippen LogP contribution in [0.15, 0.2) is 24.3 Å². The van der Waals surface area contributed by atoms with Gasteiger partial charge in [0.05, 0.1) is 28.4 Å². The molecule has 10 nitrogen and oxygen atoms in total. The van der Waals surface area contributed by atoms with Crippen LogP contribution < -0.4 is 10.1 Å². The molecule has 0 radical (unpaired) electrons. The summed E-state index contributed by atoms with van der Waals surface area (Å²) >= 11 is 7.73. The quantitative estimate of drug-likeness (QED) is 0.326. The SMILES string of the molecule is CC(C)(C)OC(=O)Nc1nc2c(-c3cc4c(cc3Cl)C(=O)N3CCN(C(=O)OC(C)(C)C)C[C@@H]3CCO4)ccc(F)c2s1. The highest BCUT2D eigenvalue weighted by atomic mass is 35.5. The maximum atomic E-state index is 14.8. The summed E-state index contributed by atoms with van der Waals surface area (Å²) in [5.74, 6) is -0.408. The molecule has 1 N–H and O–H groups in total. The van der Waals surface area contributed by atoms with E-state index in [9.17, 15) is 18.8 Å². The number of ether oxygens (including phenoxy) is 3. The zero-order valence-electron chi connectivity index (χ0n) is 24.9. The third-order valence-corrected chi connectivity index (χ3v) is 8.09. The lowest BCUT2D eigenvalue weighted by Gasteiger charge is -2.42. The predicted molar refractivity (Wildman–Crippen MR) is 163 cm³/mol. The molecular weight excluding hydrogens is 599 g/mol. The van der Waals surface area contributed by atoms with Gasteiger partial charge < -0.3 is 24.0 Å². The predicted octanol–water partition coefficient (Wildman–Crippen LogP) is 6.95. The first kappa shape index (κ1) is 30.8. The zero-order chi connectivity index (χ0) is 31.3. The van der Waals surface area contributed by atoms with E-state index in [1.54, 1.807) is 48.8 Å². The Kier molecular flexibility index (Phi) is 8.21. The molecule has 2 aliphatic rings. The van der Waals surface area contributed by atoms with Crippen molar-refractivity contribution in [3.63, 3.8) is 0 Å². The Morgan fingerprint density at radius 1 is 1.07 bits per heavy atom. The summed E-state index contributed by atoms with van der Waals surface area (Å²) in [6.07, 6.45) is -0.604. The Bertz CT molecular complexity index is 1600. The number of hydrogen-bond acceptors (Lipinski definition) is 8. The van der Waals surface area contributed by atoms with Gasteiger partial charge in [-0.05, 0) is 65.8 Å². The molecule has 13 heteroatoms. The van der Waals surface area contributed by atoms with Gasteiger partial charge >= 0.3 is 12.2 Å². The molecule has 1 atom stereocenters. The van der Waals surface area contributed by atoms with Crippen molar-refractivity contribution in [2.45, 2.75) is 65.2 Å². The van der Waals surface area contributed by atoms with E-state index in [-0.39, 0.29) is 26.8 Å². The lowest BCUT2D eigenvalue weighted by molar-refractivity contribution is 0.00109. The molecule has 3 heterocycles. The van der Waals surface area contributed by atoms with Gasteiger partial charge in [-0.2, -0.15) is 0 Å². The Morgan fingerprint density at radius 2 is 1.79 bits per heavy atom. The fourth-order valence-corrected chi connectivity index (χ4v) is 6.15. The second-order valence-electron chi connectivity index (χ2n) is 12.5. The Hall–Kier alpha value is -3.64. The summed E-state index contributed by atoms with van der Waals surface area (Å²) in [5, 5.41) is 2.99. The Labute approximate surface area is 258 Å². The van der Waals surface area contributed by atoms with Crippen LogP contribution in [0, 0.1) is 5.82 Å². The van der Waals surface area contributed by atoms with Crippen molar-refractivity contribution in [3.8, 4) is 16.9 Å². The average molecular weight is 633 g/mol. The molecule has 3 amide bonds. The number of rotatable bonds is 2. The number of thiazole rings is 1. The van der Waals surface area contributed by atoms with Crippen LogP contribution in [0.3, 0.4) is 0 Å². The number of fused-ring (bicyclic) bond motifs is 3. The molecule has 1 saturated heterocycles. The monoisotopic (exact) mass is 632 g/mol. The zero-order valence-corrected chi connectivity index (χ0v) is 26.5. The van der Waals surface area contributed by atoms with Crippen LogP contribution in [-0.2, 0) is 9.47 Å². The van der Waals surface area contributed by atoms with E-state index in [1.807, 2.05) is 20.8 Å². The van der Waals surface area contributed by atoms with Crippen LogP contribution in [0.5, 0.6) is 5.75 Å². The number of aromatic nitrogens is 1. The molecule has 0 unspecified atom stereocenters. The normalized spacial score (nSPS) is 17.4. The van der Waals surface area contributed by atoms with Gasteiger partial charge in [0.2, 0.25) is 0 Å². The van der Waals surface area contributed by atoms with Crippen LogP contribution in [0.2, 0.25) is 5.02 Å². The fraction of sp³-hybridized carbons (Fsp3) is 0.467. The van der Waals surface area contributed by atoms with Gasteiger partial charge in [-0.1, -0.05) is 22.9 Å². The number of carbonyl (C=O) groups is 3. The van der Waals surface area contributed by atoms with E-state index < -0.39 is 29.2 Å². The molecule has 1 fully saturated rings. The number of nitrogens with one attached hydrogen (secondary N) is 1. The number of nitrogens with zero attached hydrogens (tertiary/aromatic N) is 3. The van der Waals surface area contributed by atoms with Gasteiger partial charge in [0, 0.05) is 42.2 Å². The molecule has 230 valence electrons. The molecule has 2 aliphatic heterocycles. The summed E-state index contributed by atoms with van der Waals surface area (Å²) in [5.41, 5.74) is 0.279. The van der Waals surface area contributed by atoms with Crippen LogP contribution in [0.1, 0.15) is 58.3 Å². The lowest BCUT2D eigenvalue weighted by atomic mass is 9.99. The van der Waals surface area contributed by atoms with Crippen molar-refractivity contribution in [2.24, 2.45) is 0 Å². The highest BCUT2D eigenvalue weighted by molar-refractivity contribution is 7.22. The number of carbonyl (C=O) groups excluding carboxylic acids is 3. The lowest BCUT2D eigenvalue weighted by Crippen LogP contribution is -2.58. The van der Waals surface area contributed by atoms with Gasteiger partial charge in [0.25, 0.3) is 5.91 Å². The van der Waals surface area contributed by atoms with E-state index in [2.05, 4.69) is 10.3 Å². The number of benzene rings is 2. The minimum Gasteiger partial charge on any atom is -0.493 e. The van der Waals surface area contributed by atoms with Crippen LogP contribution >= 0.6 is 22.9 Å². The topological polar surface area (TPSA) is 110 Å². The average Bonchev–Trinajstić information content (AvgIpc) is 3.31. The molecule has 43 heavy (non-hydrogen) atoms. The molecule has 0 aliphatic carbocycles. The summed E-state index contributed by atoms with van der Waals surface area (Å²) in [7, 11) is 0. The first-order valence-electron chi connectivity index (χ1n) is 13.9. The van der Waals surface area contributed by atoms with Crippen molar-refractivity contribution < 1.29 is 33.0 Å². The van der Waals surface area contributed by atoms with E-state index >= 15 is 0 Å². The van der Waals surface area contributed by atoms with E-state index in [0.29, 0.717) is 60.6 Å². The number of halogens is 2. The molecule has 0 spiro atoms. The Morgan fingerprint density at radius 3 is 2.49 bits per heavy atom. The van der Waals surface area contributed by atoms with Gasteiger partial charge in [-0.15, -0.1) is 0 Å². The summed E-state index contributed by atoms with van der Waals surface area (Å²) in [4.78, 5) is 46.5. The second kappa shape index (κ2) is 11.5. The minimum absolute atomic E-state index is 0.168. The molecule has 1 aromatic heterocycles. The molecule has 2 aromatic carbocycles. The number of amides is 3. The first-order valence-corrected chi connectivity index (χ1v) is 15.1. The van der Waals surface area contributed by atoms with Crippen molar-refractivity contribution >= 4 is 56.4 Å². The van der Waals surface area contributed by atoms with E-state index in [0.717, 1.165) is 11.3 Å². The van der Waals surface area contributed by atoms with Crippen LogP contribution in [-0.4, -0.2) is 76.4 Å².